The lowest BCUT2D eigenvalue weighted by molar-refractivity contribution is -0.121. The maximum absolute atomic E-state index is 12.0. The van der Waals surface area contributed by atoms with Crippen molar-refractivity contribution in [3.63, 3.8) is 0 Å². The number of hydrogen-bond acceptors (Lipinski definition) is 9. The number of nitrogens with two attached hydrogens (primary N) is 3. The number of benzene rings is 2. The summed E-state index contributed by atoms with van der Waals surface area (Å²) in [6.07, 6.45) is 13.6. The predicted molar refractivity (Wildman–Crippen MR) is 244 cm³/mol. The van der Waals surface area contributed by atoms with Gasteiger partial charge in [0.1, 0.15) is 5.82 Å². The molecule has 2 aromatic carbocycles. The first-order chi connectivity index (χ1) is 28.1. The van der Waals surface area contributed by atoms with Gasteiger partial charge < -0.3 is 17.2 Å². The Morgan fingerprint density at radius 1 is 0.656 bits per heavy atom. The molecule has 0 saturated heterocycles. The van der Waals surface area contributed by atoms with Crippen LogP contribution in [-0.4, -0.2) is 51.3 Å². The van der Waals surface area contributed by atoms with E-state index in [1.54, 1.807) is 21.8 Å². The van der Waals surface area contributed by atoms with E-state index in [1.807, 2.05) is 76.6 Å². The van der Waals surface area contributed by atoms with Crippen LogP contribution >= 0.6 is 34.8 Å². The van der Waals surface area contributed by atoms with E-state index in [1.165, 1.54) is 6.20 Å². The summed E-state index contributed by atoms with van der Waals surface area (Å²) < 4.78 is 3.50. The number of anilines is 1. The van der Waals surface area contributed by atoms with Gasteiger partial charge in [-0.05, 0) is 99.1 Å². The van der Waals surface area contributed by atoms with Crippen molar-refractivity contribution in [1.82, 2.24) is 39.5 Å². The van der Waals surface area contributed by atoms with E-state index < -0.39 is 10.8 Å². The number of amides is 2. The molecule has 16 heteroatoms. The highest BCUT2D eigenvalue weighted by Gasteiger charge is 2.51. The number of hydrogen-bond donors (Lipinski definition) is 3. The van der Waals surface area contributed by atoms with Gasteiger partial charge in [-0.25, -0.2) is 19.9 Å². The normalized spacial score (nSPS) is 13.9. The maximum atomic E-state index is 12.0. The molecule has 0 unspecified atom stereocenters. The fourth-order valence-corrected chi connectivity index (χ4v) is 7.85. The lowest BCUT2D eigenvalue weighted by atomic mass is 9.88. The van der Waals surface area contributed by atoms with Gasteiger partial charge in [0.15, 0.2) is 0 Å². The molecular weight excluding hydrogens is 833 g/mol. The quantitative estimate of drug-likeness (QED) is 0.103. The average Bonchev–Trinajstić information content (AvgIpc) is 4.13. The van der Waals surface area contributed by atoms with Gasteiger partial charge in [-0.2, -0.15) is 10.2 Å². The number of rotatable bonds is 12. The van der Waals surface area contributed by atoms with E-state index in [0.29, 0.717) is 35.0 Å². The summed E-state index contributed by atoms with van der Waals surface area (Å²) in [6, 6.07) is 16.0. The average molecular weight is 889 g/mol. The SMILES string of the molecule is C.C.Cc1nn(C)cc1Cc1ncc(Cl)c(CCc2ccccc2C2(C(N)=O)CC2)n1.Cc1nn(C)cc1N.NC(=O)C1(c2ccccc2CCc2nc(Cl)ncc2Cl)CC1. The second-order valence-electron chi connectivity index (χ2n) is 15.2. The molecule has 2 fully saturated rings. The summed E-state index contributed by atoms with van der Waals surface area (Å²) >= 11 is 18.3. The molecule has 2 aliphatic rings. The van der Waals surface area contributed by atoms with Crippen molar-refractivity contribution in [3.8, 4) is 0 Å². The fraction of sp³-hybridized carbons (Fsp3) is 0.378. The van der Waals surface area contributed by atoms with Gasteiger partial charge in [0, 0.05) is 44.7 Å². The summed E-state index contributed by atoms with van der Waals surface area (Å²) in [4.78, 5) is 40.9. The van der Waals surface area contributed by atoms with Crippen molar-refractivity contribution < 1.29 is 9.59 Å². The van der Waals surface area contributed by atoms with Gasteiger partial charge in [0.2, 0.25) is 17.1 Å². The lowest BCUT2D eigenvalue weighted by Gasteiger charge is -2.16. The van der Waals surface area contributed by atoms with Crippen LogP contribution in [-0.2, 0) is 66.6 Å². The number of nitrogens with zero attached hydrogens (tertiary/aromatic N) is 8. The molecule has 4 aromatic heterocycles. The zero-order chi connectivity index (χ0) is 42.5. The highest BCUT2D eigenvalue weighted by atomic mass is 35.5. The Hall–Kier alpha value is -5.37. The van der Waals surface area contributed by atoms with Gasteiger partial charge in [-0.15, -0.1) is 0 Å². The Morgan fingerprint density at radius 3 is 1.52 bits per heavy atom. The van der Waals surface area contributed by atoms with Gasteiger partial charge >= 0.3 is 0 Å². The molecule has 4 heterocycles. The van der Waals surface area contributed by atoms with Gasteiger partial charge in [-0.1, -0.05) is 86.6 Å². The standard InChI is InChI=1S/C22H24ClN5O.C16H15Cl2N3O.C5H9N3.2CH4/c1-14-16(13-28(2)27-14)11-20-25-12-18(23)19(26-20)8-7-15-5-3-4-6-17(15)22(9-10-22)21(24)29;17-12-9-20-15(18)21-13(12)6-5-10-3-1-2-4-11(10)16(7-8-16)14(19)22;1-4-5(6)3-8(2)7-4;;/h3-6,12-13H,7-11H2,1-2H3,(H2,24,29);1-4,9H,5-8H2,(H2,19,22);3H,6H2,1-2H3;2*1H4. The molecule has 6 N–H and O–H groups in total. The van der Waals surface area contributed by atoms with Crippen LogP contribution in [0, 0.1) is 13.8 Å². The van der Waals surface area contributed by atoms with Crippen LogP contribution in [0.15, 0.2) is 73.3 Å². The smallest absolute Gasteiger partial charge is 0.228 e. The summed E-state index contributed by atoms with van der Waals surface area (Å²) in [7, 11) is 3.75. The number of aromatic nitrogens is 8. The van der Waals surface area contributed by atoms with E-state index in [4.69, 9.17) is 57.0 Å². The third kappa shape index (κ3) is 11.5. The fourth-order valence-electron chi connectivity index (χ4n) is 7.33. The summed E-state index contributed by atoms with van der Waals surface area (Å²) in [5.41, 5.74) is 25.3. The van der Waals surface area contributed by atoms with Crippen LogP contribution in [0.25, 0.3) is 0 Å². The first-order valence-electron chi connectivity index (χ1n) is 19.3. The van der Waals surface area contributed by atoms with Crippen molar-refractivity contribution in [2.45, 2.75) is 97.3 Å². The molecule has 6 aromatic rings. The van der Waals surface area contributed by atoms with Crippen molar-refractivity contribution in [3.05, 3.63) is 145 Å². The molecule has 2 aliphatic carbocycles. The van der Waals surface area contributed by atoms with Crippen LogP contribution in [0.3, 0.4) is 0 Å². The van der Waals surface area contributed by atoms with Crippen LogP contribution < -0.4 is 17.2 Å². The minimum atomic E-state index is -0.491. The third-order valence-electron chi connectivity index (χ3n) is 10.9. The number of nitrogen functional groups attached to an aromatic ring is 1. The lowest BCUT2D eigenvalue weighted by Crippen LogP contribution is -2.29. The number of carbonyl (C=O) groups is 2. The summed E-state index contributed by atoms with van der Waals surface area (Å²) in [5.74, 6) is 0.242. The minimum absolute atomic E-state index is 0. The minimum Gasteiger partial charge on any atom is -0.396 e. The molecule has 13 nitrogen and oxygen atoms in total. The van der Waals surface area contributed by atoms with E-state index >= 15 is 0 Å². The number of halogens is 3. The van der Waals surface area contributed by atoms with Crippen molar-refractivity contribution in [2.24, 2.45) is 25.6 Å². The Kier molecular flexibility index (Phi) is 16.2. The molecular formula is C45H56Cl3N11O2. The molecule has 0 aliphatic heterocycles. The van der Waals surface area contributed by atoms with Gasteiger partial charge in [0.05, 0.1) is 55.5 Å². The zero-order valence-electron chi connectivity index (χ0n) is 33.6. The topological polar surface area (TPSA) is 199 Å². The van der Waals surface area contributed by atoms with Crippen molar-refractivity contribution >= 4 is 52.3 Å². The van der Waals surface area contributed by atoms with Crippen LogP contribution in [0.2, 0.25) is 15.3 Å². The van der Waals surface area contributed by atoms with Gasteiger partial charge in [-0.3, -0.25) is 19.0 Å². The van der Waals surface area contributed by atoms with Crippen molar-refractivity contribution in [1.29, 1.82) is 0 Å². The summed E-state index contributed by atoms with van der Waals surface area (Å²) in [6.45, 7) is 3.87. The van der Waals surface area contributed by atoms with Crippen LogP contribution in [0.4, 0.5) is 5.69 Å². The first kappa shape index (κ1) is 48.3. The van der Waals surface area contributed by atoms with E-state index in [0.717, 1.165) is 94.9 Å². The van der Waals surface area contributed by atoms with E-state index in [9.17, 15) is 9.59 Å². The Balaban J connectivity index is 0.000000226. The molecule has 8 rings (SSSR count). The molecule has 0 bridgehead atoms. The van der Waals surface area contributed by atoms with Crippen LogP contribution in [0.5, 0.6) is 0 Å². The number of carbonyl (C=O) groups excluding carboxylic acids is 2. The van der Waals surface area contributed by atoms with E-state index in [2.05, 4.69) is 31.2 Å². The predicted octanol–water partition coefficient (Wildman–Crippen LogP) is 7.73. The maximum Gasteiger partial charge on any atom is 0.228 e. The second kappa shape index (κ2) is 20.5. The molecule has 0 spiro atoms. The largest absolute Gasteiger partial charge is 0.396 e. The Labute approximate surface area is 373 Å². The Bertz CT molecular complexity index is 2450. The highest BCUT2D eigenvalue weighted by molar-refractivity contribution is 6.32. The molecule has 2 saturated carbocycles. The molecule has 61 heavy (non-hydrogen) atoms. The third-order valence-corrected chi connectivity index (χ3v) is 11.8. The molecule has 0 atom stereocenters. The highest BCUT2D eigenvalue weighted by Crippen LogP contribution is 2.50. The number of aryl methyl sites for hydroxylation is 8. The molecule has 0 radical (unpaired) electrons. The second-order valence-corrected chi connectivity index (χ2v) is 16.3. The van der Waals surface area contributed by atoms with Crippen molar-refractivity contribution in [2.75, 3.05) is 5.73 Å². The van der Waals surface area contributed by atoms with Crippen LogP contribution in [0.1, 0.15) is 97.0 Å². The monoisotopic (exact) mass is 887 g/mol. The first-order valence-corrected chi connectivity index (χ1v) is 20.4. The number of primary amides is 2. The summed E-state index contributed by atoms with van der Waals surface area (Å²) in [5, 5.41) is 9.62. The Morgan fingerprint density at radius 2 is 1.11 bits per heavy atom. The zero-order valence-corrected chi connectivity index (χ0v) is 35.8. The van der Waals surface area contributed by atoms with Gasteiger partial charge in [0.25, 0.3) is 0 Å². The molecule has 324 valence electrons. The van der Waals surface area contributed by atoms with E-state index in [-0.39, 0.29) is 32.0 Å². The molecule has 2 amide bonds.